The van der Waals surface area contributed by atoms with Gasteiger partial charge in [-0.25, -0.2) is 4.79 Å². The maximum Gasteiger partial charge on any atom is 0.338 e. The van der Waals surface area contributed by atoms with Crippen LogP contribution in [0.2, 0.25) is 0 Å². The second kappa shape index (κ2) is 10.8. The molecule has 1 fully saturated rings. The van der Waals surface area contributed by atoms with Crippen LogP contribution in [-0.2, 0) is 4.74 Å². The molecule has 0 spiro atoms. The van der Waals surface area contributed by atoms with Crippen LogP contribution in [0.1, 0.15) is 107 Å². The molecule has 0 amide bonds. The lowest BCUT2D eigenvalue weighted by Crippen LogP contribution is -2.24. The third-order valence-corrected chi connectivity index (χ3v) is 6.74. The van der Waals surface area contributed by atoms with Gasteiger partial charge in [-0.05, 0) is 80.1 Å². The summed E-state index contributed by atoms with van der Waals surface area (Å²) >= 11 is 0. The molecule has 28 heavy (non-hydrogen) atoms. The number of esters is 1. The van der Waals surface area contributed by atoms with Gasteiger partial charge in [0.1, 0.15) is 6.10 Å². The molecule has 3 rings (SSSR count). The van der Waals surface area contributed by atoms with E-state index in [4.69, 9.17) is 4.74 Å². The SMILES string of the molecule is CCCCC1CC=C(c2ccc(C(=O)O[C@H]3CC[C@H](CCC)CC3)cc2)CC1. The van der Waals surface area contributed by atoms with Crippen LogP contribution in [-0.4, -0.2) is 12.1 Å². The van der Waals surface area contributed by atoms with Crippen LogP contribution in [0.25, 0.3) is 5.57 Å². The Hall–Kier alpha value is -1.57. The third-order valence-electron chi connectivity index (χ3n) is 6.74. The number of carbonyl (C=O) groups is 1. The van der Waals surface area contributed by atoms with Crippen LogP contribution in [0.15, 0.2) is 30.3 Å². The number of rotatable bonds is 8. The van der Waals surface area contributed by atoms with E-state index in [0.29, 0.717) is 5.56 Å². The highest BCUT2D eigenvalue weighted by molar-refractivity contribution is 5.90. The Morgan fingerprint density at radius 2 is 1.68 bits per heavy atom. The first-order chi connectivity index (χ1) is 13.7. The molecule has 1 aromatic carbocycles. The Morgan fingerprint density at radius 3 is 2.29 bits per heavy atom. The molecular weight excluding hydrogens is 344 g/mol. The number of allylic oxidation sites excluding steroid dienone is 2. The van der Waals surface area contributed by atoms with E-state index in [0.717, 1.165) is 24.7 Å². The van der Waals surface area contributed by atoms with Gasteiger partial charge in [0.25, 0.3) is 0 Å². The monoisotopic (exact) mass is 382 g/mol. The minimum atomic E-state index is -0.150. The van der Waals surface area contributed by atoms with Crippen molar-refractivity contribution in [2.75, 3.05) is 0 Å². The van der Waals surface area contributed by atoms with Crippen molar-refractivity contribution in [2.45, 2.75) is 97.0 Å². The number of ether oxygens (including phenoxy) is 1. The van der Waals surface area contributed by atoms with E-state index >= 15 is 0 Å². The summed E-state index contributed by atoms with van der Waals surface area (Å²) in [5, 5.41) is 0. The highest BCUT2D eigenvalue weighted by Gasteiger charge is 2.24. The number of benzene rings is 1. The zero-order valence-electron chi connectivity index (χ0n) is 17.9. The Morgan fingerprint density at radius 1 is 0.929 bits per heavy atom. The fourth-order valence-electron chi connectivity index (χ4n) is 4.89. The van der Waals surface area contributed by atoms with Crippen molar-refractivity contribution >= 4 is 11.5 Å². The predicted molar refractivity (Wildman–Crippen MR) is 117 cm³/mol. The topological polar surface area (TPSA) is 26.3 Å². The summed E-state index contributed by atoms with van der Waals surface area (Å²) in [7, 11) is 0. The van der Waals surface area contributed by atoms with Crippen molar-refractivity contribution in [1.29, 1.82) is 0 Å². The number of unbranched alkanes of at least 4 members (excludes halogenated alkanes) is 1. The van der Waals surface area contributed by atoms with Crippen LogP contribution in [0.5, 0.6) is 0 Å². The minimum absolute atomic E-state index is 0.112. The Labute approximate surface area is 171 Å². The molecule has 0 heterocycles. The zero-order chi connectivity index (χ0) is 19.8. The van der Waals surface area contributed by atoms with Crippen molar-refractivity contribution in [1.82, 2.24) is 0 Å². The molecule has 2 nitrogen and oxygen atoms in total. The van der Waals surface area contributed by atoms with Crippen LogP contribution >= 0.6 is 0 Å². The van der Waals surface area contributed by atoms with Gasteiger partial charge in [-0.3, -0.25) is 0 Å². The Balaban J connectivity index is 1.49. The van der Waals surface area contributed by atoms with Gasteiger partial charge in [-0.15, -0.1) is 0 Å². The van der Waals surface area contributed by atoms with E-state index in [1.165, 1.54) is 75.3 Å². The number of carbonyl (C=O) groups excluding carboxylic acids is 1. The van der Waals surface area contributed by atoms with E-state index in [1.54, 1.807) is 0 Å². The summed E-state index contributed by atoms with van der Waals surface area (Å²) in [5.74, 6) is 1.55. The molecule has 154 valence electrons. The third kappa shape index (κ3) is 5.96. The number of hydrogen-bond acceptors (Lipinski definition) is 2. The van der Waals surface area contributed by atoms with Crippen LogP contribution in [0.3, 0.4) is 0 Å². The maximum atomic E-state index is 12.5. The smallest absolute Gasteiger partial charge is 0.338 e. The molecule has 0 aliphatic heterocycles. The first-order valence-electron chi connectivity index (χ1n) is 11.7. The van der Waals surface area contributed by atoms with Crippen LogP contribution in [0, 0.1) is 11.8 Å². The molecule has 1 unspecified atom stereocenters. The van der Waals surface area contributed by atoms with Crippen LogP contribution < -0.4 is 0 Å². The summed E-state index contributed by atoms with van der Waals surface area (Å²) in [6.07, 6.45) is 17.3. The summed E-state index contributed by atoms with van der Waals surface area (Å²) in [6, 6.07) is 8.11. The second-order valence-electron chi connectivity index (χ2n) is 8.93. The lowest BCUT2D eigenvalue weighted by atomic mass is 9.84. The maximum absolute atomic E-state index is 12.5. The summed E-state index contributed by atoms with van der Waals surface area (Å²) in [5.41, 5.74) is 3.41. The van der Waals surface area contributed by atoms with Crippen LogP contribution in [0.4, 0.5) is 0 Å². The van der Waals surface area contributed by atoms with Gasteiger partial charge >= 0.3 is 5.97 Å². The summed E-state index contributed by atoms with van der Waals surface area (Å²) in [6.45, 7) is 4.53. The van der Waals surface area contributed by atoms with Crippen molar-refractivity contribution < 1.29 is 9.53 Å². The van der Waals surface area contributed by atoms with Gasteiger partial charge in [-0.1, -0.05) is 64.2 Å². The highest BCUT2D eigenvalue weighted by atomic mass is 16.5. The highest BCUT2D eigenvalue weighted by Crippen LogP contribution is 2.33. The molecule has 2 aliphatic rings. The molecule has 2 heteroatoms. The standard InChI is InChI=1S/C26H38O2/c1-3-5-7-21-8-12-22(13-9-21)23-14-16-24(17-15-23)26(27)28-25-18-10-20(6-4-2)11-19-25/h12,14-17,20-21,25H,3-11,13,18-19H2,1-2H3/t20-,21?,25-. The minimum Gasteiger partial charge on any atom is -0.459 e. The summed E-state index contributed by atoms with van der Waals surface area (Å²) < 4.78 is 5.79. The quantitative estimate of drug-likeness (QED) is 0.433. The lowest BCUT2D eigenvalue weighted by Gasteiger charge is -2.28. The van der Waals surface area contributed by atoms with E-state index in [2.05, 4.69) is 32.1 Å². The van der Waals surface area contributed by atoms with Gasteiger partial charge in [0.2, 0.25) is 0 Å². The van der Waals surface area contributed by atoms with Gasteiger partial charge in [0.05, 0.1) is 5.56 Å². The first-order valence-corrected chi connectivity index (χ1v) is 11.7. The number of hydrogen-bond donors (Lipinski definition) is 0. The molecule has 0 saturated heterocycles. The Bertz CT molecular complexity index is 635. The van der Waals surface area contributed by atoms with E-state index in [9.17, 15) is 4.79 Å². The van der Waals surface area contributed by atoms with Crippen molar-refractivity contribution in [2.24, 2.45) is 11.8 Å². The summed E-state index contributed by atoms with van der Waals surface area (Å²) in [4.78, 5) is 12.5. The molecule has 0 radical (unpaired) electrons. The molecular formula is C26H38O2. The van der Waals surface area contributed by atoms with Gasteiger partial charge in [0.15, 0.2) is 0 Å². The van der Waals surface area contributed by atoms with Gasteiger partial charge in [-0.2, -0.15) is 0 Å². The first kappa shape index (κ1) is 21.1. The molecule has 0 bridgehead atoms. The van der Waals surface area contributed by atoms with E-state index < -0.39 is 0 Å². The fourth-order valence-corrected chi connectivity index (χ4v) is 4.89. The van der Waals surface area contributed by atoms with Crippen molar-refractivity contribution in [3.8, 4) is 0 Å². The van der Waals surface area contributed by atoms with Gasteiger partial charge in [0, 0.05) is 0 Å². The molecule has 0 N–H and O–H groups in total. The molecule has 0 aromatic heterocycles. The average Bonchev–Trinajstić information content (AvgIpc) is 2.74. The molecule has 1 atom stereocenters. The van der Waals surface area contributed by atoms with Gasteiger partial charge < -0.3 is 4.74 Å². The Kier molecular flexibility index (Phi) is 8.18. The largest absolute Gasteiger partial charge is 0.459 e. The predicted octanol–water partition coefficient (Wildman–Crippen LogP) is 7.58. The normalized spacial score (nSPS) is 25.2. The van der Waals surface area contributed by atoms with Crippen molar-refractivity contribution in [3.05, 3.63) is 41.5 Å². The molecule has 2 aliphatic carbocycles. The average molecular weight is 383 g/mol. The molecule has 1 aromatic rings. The van der Waals surface area contributed by atoms with E-state index in [-0.39, 0.29) is 12.1 Å². The zero-order valence-corrected chi connectivity index (χ0v) is 17.9. The lowest BCUT2D eigenvalue weighted by molar-refractivity contribution is 0.0161. The second-order valence-corrected chi connectivity index (χ2v) is 8.93. The molecule has 1 saturated carbocycles. The van der Waals surface area contributed by atoms with E-state index in [1.807, 2.05) is 12.1 Å². The fraction of sp³-hybridized carbons (Fsp3) is 0.654. The van der Waals surface area contributed by atoms with Crippen molar-refractivity contribution in [3.63, 3.8) is 0 Å².